The molecule has 2 N–H and O–H groups in total. The first-order valence-corrected chi connectivity index (χ1v) is 7.58. The second-order valence-corrected chi connectivity index (χ2v) is 6.35. The zero-order chi connectivity index (χ0) is 16.0. The Morgan fingerprint density at radius 3 is 2.48 bits per heavy atom. The number of aryl methyl sites for hydroxylation is 1. The molecule has 21 heavy (non-hydrogen) atoms. The van der Waals surface area contributed by atoms with Gasteiger partial charge in [-0.05, 0) is 65.0 Å². The Hall–Kier alpha value is -1.55. The Bertz CT molecular complexity index is 481. The van der Waals surface area contributed by atoms with Crippen LogP contribution in [0.3, 0.4) is 0 Å². The van der Waals surface area contributed by atoms with E-state index in [1.807, 2.05) is 39.2 Å². The minimum absolute atomic E-state index is 0.0185. The largest absolute Gasteiger partial charge is 0.385 e. The number of rotatable bonds is 7. The van der Waals surface area contributed by atoms with E-state index in [1.54, 1.807) is 0 Å². The molecule has 1 rings (SSSR count). The van der Waals surface area contributed by atoms with Crippen LogP contribution in [0.2, 0.25) is 0 Å². The highest BCUT2D eigenvalue weighted by Crippen LogP contribution is 2.17. The summed E-state index contributed by atoms with van der Waals surface area (Å²) < 4.78 is 0. The molecular formula is C17H29N3O. The van der Waals surface area contributed by atoms with Crippen molar-refractivity contribution < 1.29 is 4.79 Å². The summed E-state index contributed by atoms with van der Waals surface area (Å²) in [6.45, 7) is 9.94. The number of nitrogens with one attached hydrogen (secondary N) is 2. The maximum absolute atomic E-state index is 12.2. The van der Waals surface area contributed by atoms with Gasteiger partial charge < -0.3 is 15.5 Å². The molecule has 0 atom stereocenters. The molecule has 0 heterocycles. The third-order valence-corrected chi connectivity index (χ3v) is 3.95. The Balaban J connectivity index is 2.69. The van der Waals surface area contributed by atoms with E-state index in [-0.39, 0.29) is 11.4 Å². The SMILES string of the molecule is CCCNc1ccc(C(=O)NCC(C)(C)N(C)C)cc1C. The van der Waals surface area contributed by atoms with Gasteiger partial charge in [0.05, 0.1) is 0 Å². The lowest BCUT2D eigenvalue weighted by Crippen LogP contribution is -2.48. The van der Waals surface area contributed by atoms with Crippen molar-refractivity contribution in [1.29, 1.82) is 0 Å². The average molecular weight is 291 g/mol. The molecule has 118 valence electrons. The van der Waals surface area contributed by atoms with Crippen LogP contribution < -0.4 is 10.6 Å². The van der Waals surface area contributed by atoms with Crippen LogP contribution in [0.4, 0.5) is 5.69 Å². The summed E-state index contributed by atoms with van der Waals surface area (Å²) in [7, 11) is 4.04. The molecule has 1 aromatic carbocycles. The molecule has 0 unspecified atom stereocenters. The third-order valence-electron chi connectivity index (χ3n) is 3.95. The first-order chi connectivity index (χ1) is 9.77. The molecule has 4 heteroatoms. The van der Waals surface area contributed by atoms with E-state index in [4.69, 9.17) is 0 Å². The van der Waals surface area contributed by atoms with Crippen LogP contribution in [0.25, 0.3) is 0 Å². The molecule has 4 nitrogen and oxygen atoms in total. The quantitative estimate of drug-likeness (QED) is 0.812. The molecule has 1 aromatic rings. The number of benzene rings is 1. The van der Waals surface area contributed by atoms with Gasteiger partial charge in [-0.15, -0.1) is 0 Å². The molecular weight excluding hydrogens is 262 g/mol. The molecule has 0 aliphatic rings. The first kappa shape index (κ1) is 17.5. The summed E-state index contributed by atoms with van der Waals surface area (Å²) in [5.41, 5.74) is 2.85. The number of amides is 1. The Morgan fingerprint density at radius 1 is 1.29 bits per heavy atom. The van der Waals surface area contributed by atoms with E-state index >= 15 is 0 Å². The number of hydrogen-bond acceptors (Lipinski definition) is 3. The van der Waals surface area contributed by atoms with Gasteiger partial charge in [-0.3, -0.25) is 4.79 Å². The second kappa shape index (κ2) is 7.46. The average Bonchev–Trinajstić information content (AvgIpc) is 2.43. The lowest BCUT2D eigenvalue weighted by molar-refractivity contribution is 0.0919. The van der Waals surface area contributed by atoms with Gasteiger partial charge in [0.1, 0.15) is 0 Å². The maximum atomic E-state index is 12.2. The Labute approximate surface area is 128 Å². The maximum Gasteiger partial charge on any atom is 0.251 e. The molecule has 0 saturated heterocycles. The van der Waals surface area contributed by atoms with E-state index in [1.165, 1.54) is 0 Å². The van der Waals surface area contributed by atoms with E-state index in [2.05, 4.69) is 36.3 Å². The van der Waals surface area contributed by atoms with Crippen LogP contribution in [0.15, 0.2) is 18.2 Å². The second-order valence-electron chi connectivity index (χ2n) is 6.35. The van der Waals surface area contributed by atoms with Gasteiger partial charge >= 0.3 is 0 Å². The topological polar surface area (TPSA) is 44.4 Å². The molecule has 0 aliphatic carbocycles. The fourth-order valence-electron chi connectivity index (χ4n) is 1.82. The lowest BCUT2D eigenvalue weighted by Gasteiger charge is -2.32. The molecule has 0 aliphatic heterocycles. The number of carbonyl (C=O) groups is 1. The van der Waals surface area contributed by atoms with Crippen LogP contribution in [0, 0.1) is 6.92 Å². The van der Waals surface area contributed by atoms with E-state index in [9.17, 15) is 4.79 Å². The van der Waals surface area contributed by atoms with Crippen molar-refractivity contribution in [1.82, 2.24) is 10.2 Å². The van der Waals surface area contributed by atoms with Crippen LogP contribution in [-0.2, 0) is 0 Å². The van der Waals surface area contributed by atoms with Gasteiger partial charge in [0, 0.05) is 29.9 Å². The van der Waals surface area contributed by atoms with Crippen molar-refractivity contribution in [2.45, 2.75) is 39.7 Å². The van der Waals surface area contributed by atoms with E-state index in [0.29, 0.717) is 12.1 Å². The van der Waals surface area contributed by atoms with Crippen molar-refractivity contribution in [3.63, 3.8) is 0 Å². The van der Waals surface area contributed by atoms with Crippen LogP contribution >= 0.6 is 0 Å². The summed E-state index contributed by atoms with van der Waals surface area (Å²) >= 11 is 0. The van der Waals surface area contributed by atoms with Crippen LogP contribution in [-0.4, -0.2) is 43.5 Å². The summed E-state index contributed by atoms with van der Waals surface area (Å²) in [4.78, 5) is 14.3. The molecule has 0 fully saturated rings. The number of hydrogen-bond donors (Lipinski definition) is 2. The van der Waals surface area contributed by atoms with E-state index < -0.39 is 0 Å². The molecule has 0 bridgehead atoms. The minimum Gasteiger partial charge on any atom is -0.385 e. The molecule has 0 spiro atoms. The summed E-state index contributed by atoms with van der Waals surface area (Å²) in [6, 6.07) is 5.80. The zero-order valence-electron chi connectivity index (χ0n) is 14.2. The predicted molar refractivity (Wildman–Crippen MR) is 90.1 cm³/mol. The third kappa shape index (κ3) is 5.05. The highest BCUT2D eigenvalue weighted by molar-refractivity contribution is 5.94. The van der Waals surface area contributed by atoms with Crippen LogP contribution in [0.1, 0.15) is 43.1 Å². The van der Waals surface area contributed by atoms with Gasteiger partial charge in [0.25, 0.3) is 5.91 Å². The fourth-order valence-corrected chi connectivity index (χ4v) is 1.82. The summed E-state index contributed by atoms with van der Waals surface area (Å²) in [6.07, 6.45) is 1.08. The van der Waals surface area contributed by atoms with Crippen molar-refractivity contribution in [3.8, 4) is 0 Å². The number of carbonyl (C=O) groups excluding carboxylic acids is 1. The number of anilines is 1. The molecule has 1 amide bonds. The normalized spacial score (nSPS) is 11.6. The van der Waals surface area contributed by atoms with Gasteiger partial charge in [-0.25, -0.2) is 0 Å². The summed E-state index contributed by atoms with van der Waals surface area (Å²) in [5.74, 6) is -0.0185. The minimum atomic E-state index is -0.0622. The Kier molecular flexibility index (Phi) is 6.21. The van der Waals surface area contributed by atoms with Gasteiger partial charge in [-0.1, -0.05) is 6.92 Å². The van der Waals surface area contributed by atoms with Crippen LogP contribution in [0.5, 0.6) is 0 Å². The molecule has 0 radical (unpaired) electrons. The van der Waals surface area contributed by atoms with Crippen molar-refractivity contribution in [3.05, 3.63) is 29.3 Å². The van der Waals surface area contributed by atoms with Crippen molar-refractivity contribution >= 4 is 11.6 Å². The van der Waals surface area contributed by atoms with E-state index in [0.717, 1.165) is 24.2 Å². The molecule has 0 saturated carbocycles. The fraction of sp³-hybridized carbons (Fsp3) is 0.588. The lowest BCUT2D eigenvalue weighted by atomic mass is 10.0. The zero-order valence-corrected chi connectivity index (χ0v) is 14.2. The van der Waals surface area contributed by atoms with Gasteiger partial charge in [-0.2, -0.15) is 0 Å². The summed E-state index contributed by atoms with van der Waals surface area (Å²) in [5, 5.41) is 6.37. The Morgan fingerprint density at radius 2 is 1.95 bits per heavy atom. The number of nitrogens with zero attached hydrogens (tertiary/aromatic N) is 1. The smallest absolute Gasteiger partial charge is 0.251 e. The van der Waals surface area contributed by atoms with Gasteiger partial charge in [0.2, 0.25) is 0 Å². The standard InChI is InChI=1S/C17H29N3O/c1-7-10-18-15-9-8-14(11-13(15)2)16(21)19-12-17(3,4)20(5)6/h8-9,11,18H,7,10,12H2,1-6H3,(H,19,21). The van der Waals surface area contributed by atoms with Crippen molar-refractivity contribution in [2.75, 3.05) is 32.5 Å². The highest BCUT2D eigenvalue weighted by Gasteiger charge is 2.21. The number of likely N-dealkylation sites (N-methyl/N-ethyl adjacent to an activating group) is 1. The van der Waals surface area contributed by atoms with Gasteiger partial charge in [0.15, 0.2) is 0 Å². The first-order valence-electron chi connectivity index (χ1n) is 7.58. The van der Waals surface area contributed by atoms with Crippen molar-refractivity contribution in [2.24, 2.45) is 0 Å². The monoisotopic (exact) mass is 291 g/mol. The predicted octanol–water partition coefficient (Wildman–Crippen LogP) is 2.89. The highest BCUT2D eigenvalue weighted by atomic mass is 16.1. The molecule has 0 aromatic heterocycles.